The number of aldehydes is 1. The van der Waals surface area contributed by atoms with Gasteiger partial charge in [0.25, 0.3) is 0 Å². The molecule has 1 aromatic rings. The van der Waals surface area contributed by atoms with Gasteiger partial charge in [-0.1, -0.05) is 25.1 Å². The maximum absolute atomic E-state index is 10.6. The van der Waals surface area contributed by atoms with Gasteiger partial charge in [0.05, 0.1) is 0 Å². The van der Waals surface area contributed by atoms with E-state index in [4.69, 9.17) is 0 Å². The van der Waals surface area contributed by atoms with E-state index in [9.17, 15) is 4.79 Å². The highest BCUT2D eigenvalue weighted by Gasteiger charge is 2.06. The maximum Gasteiger partial charge on any atom is 0.123 e. The summed E-state index contributed by atoms with van der Waals surface area (Å²) in [5.74, 6) is 0.101. The van der Waals surface area contributed by atoms with Crippen molar-refractivity contribution in [3.8, 4) is 0 Å². The molecule has 15 heavy (non-hydrogen) atoms. The van der Waals surface area contributed by atoms with E-state index in [1.54, 1.807) is 0 Å². The van der Waals surface area contributed by atoms with Crippen molar-refractivity contribution in [3.05, 3.63) is 35.4 Å². The fourth-order valence-corrected chi connectivity index (χ4v) is 1.81. The molecule has 1 heterocycles. The molecule has 2 heteroatoms. The van der Waals surface area contributed by atoms with E-state index in [0.29, 0.717) is 0 Å². The molecule has 0 saturated heterocycles. The van der Waals surface area contributed by atoms with Crippen LogP contribution in [-0.2, 0) is 11.2 Å². The molecule has 1 aliphatic heterocycles. The average molecular weight is 201 g/mol. The summed E-state index contributed by atoms with van der Waals surface area (Å²) in [6.07, 6.45) is 6.06. The molecule has 0 aromatic heterocycles. The topological polar surface area (TPSA) is 29.1 Å². The lowest BCUT2D eigenvalue weighted by Gasteiger charge is -2.14. The van der Waals surface area contributed by atoms with Gasteiger partial charge in [-0.3, -0.25) is 0 Å². The third-order valence-corrected chi connectivity index (χ3v) is 2.61. The highest BCUT2D eigenvalue weighted by molar-refractivity contribution is 5.70. The Hall–Kier alpha value is -1.57. The summed E-state index contributed by atoms with van der Waals surface area (Å²) in [5, 5.41) is 3.30. The zero-order chi connectivity index (χ0) is 10.7. The minimum absolute atomic E-state index is 0.101. The van der Waals surface area contributed by atoms with Gasteiger partial charge < -0.3 is 10.1 Å². The third-order valence-electron chi connectivity index (χ3n) is 2.61. The number of hydrogen-bond acceptors (Lipinski definition) is 2. The molecule has 0 radical (unpaired) electrons. The zero-order valence-electron chi connectivity index (χ0n) is 8.86. The number of benzene rings is 1. The Morgan fingerprint density at radius 3 is 3.20 bits per heavy atom. The second-order valence-electron chi connectivity index (χ2n) is 4.02. The minimum Gasteiger partial charge on any atom is -0.381 e. The standard InChI is InChI=1S/C13H15NO/c1-10(9-15)7-11-4-5-13-12(8-11)3-2-6-14-13/h2-5,8-10,14H,6-7H2,1H3. The SMILES string of the molecule is CC(C=O)Cc1ccc2c(c1)C=CCN2. The van der Waals surface area contributed by atoms with Crippen LogP contribution in [0.2, 0.25) is 0 Å². The summed E-state index contributed by atoms with van der Waals surface area (Å²) >= 11 is 0. The van der Waals surface area contributed by atoms with Gasteiger partial charge in [0.2, 0.25) is 0 Å². The lowest BCUT2D eigenvalue weighted by molar-refractivity contribution is -0.110. The molecule has 78 valence electrons. The molecule has 0 bridgehead atoms. The van der Waals surface area contributed by atoms with Gasteiger partial charge in [-0.05, 0) is 29.7 Å². The van der Waals surface area contributed by atoms with Crippen LogP contribution in [0, 0.1) is 5.92 Å². The minimum atomic E-state index is 0.101. The molecule has 1 aromatic carbocycles. The molecule has 0 amide bonds. The molecular weight excluding hydrogens is 186 g/mol. The monoisotopic (exact) mass is 201 g/mol. The van der Waals surface area contributed by atoms with Crippen molar-refractivity contribution in [2.75, 3.05) is 11.9 Å². The van der Waals surface area contributed by atoms with Crippen LogP contribution in [0.5, 0.6) is 0 Å². The van der Waals surface area contributed by atoms with Crippen molar-refractivity contribution in [1.29, 1.82) is 0 Å². The second-order valence-corrected chi connectivity index (χ2v) is 4.02. The quantitative estimate of drug-likeness (QED) is 0.761. The first kappa shape index (κ1) is 9.97. The molecule has 1 atom stereocenters. The fraction of sp³-hybridized carbons (Fsp3) is 0.308. The first-order chi connectivity index (χ1) is 7.29. The molecule has 1 unspecified atom stereocenters. The average Bonchev–Trinajstić information content (AvgIpc) is 2.29. The number of fused-ring (bicyclic) bond motifs is 1. The van der Waals surface area contributed by atoms with Gasteiger partial charge in [0.15, 0.2) is 0 Å². The number of anilines is 1. The van der Waals surface area contributed by atoms with Crippen molar-refractivity contribution in [3.63, 3.8) is 0 Å². The van der Waals surface area contributed by atoms with Crippen LogP contribution in [0.3, 0.4) is 0 Å². The lowest BCUT2D eigenvalue weighted by atomic mass is 9.98. The highest BCUT2D eigenvalue weighted by atomic mass is 16.1. The van der Waals surface area contributed by atoms with E-state index in [-0.39, 0.29) is 5.92 Å². The Morgan fingerprint density at radius 1 is 1.53 bits per heavy atom. The highest BCUT2D eigenvalue weighted by Crippen LogP contribution is 2.22. The molecule has 1 N–H and O–H groups in total. The van der Waals surface area contributed by atoms with Gasteiger partial charge in [0, 0.05) is 18.2 Å². The summed E-state index contributed by atoms with van der Waals surface area (Å²) < 4.78 is 0. The normalized spacial score (nSPS) is 15.3. The van der Waals surface area contributed by atoms with E-state index in [1.165, 1.54) is 16.8 Å². The summed E-state index contributed by atoms with van der Waals surface area (Å²) in [4.78, 5) is 10.6. The molecular formula is C13H15NO. The number of carbonyl (C=O) groups is 1. The fourth-order valence-electron chi connectivity index (χ4n) is 1.81. The van der Waals surface area contributed by atoms with Gasteiger partial charge in [0.1, 0.15) is 6.29 Å². The van der Waals surface area contributed by atoms with E-state index in [2.05, 4.69) is 35.7 Å². The van der Waals surface area contributed by atoms with Crippen molar-refractivity contribution >= 4 is 18.0 Å². The summed E-state index contributed by atoms with van der Waals surface area (Å²) in [6.45, 7) is 2.84. The zero-order valence-corrected chi connectivity index (χ0v) is 8.86. The van der Waals surface area contributed by atoms with Gasteiger partial charge in [-0.15, -0.1) is 0 Å². The van der Waals surface area contributed by atoms with Crippen molar-refractivity contribution < 1.29 is 4.79 Å². The molecule has 2 nitrogen and oxygen atoms in total. The van der Waals surface area contributed by atoms with E-state index >= 15 is 0 Å². The predicted molar refractivity (Wildman–Crippen MR) is 62.9 cm³/mol. The van der Waals surface area contributed by atoms with Crippen LogP contribution >= 0.6 is 0 Å². The van der Waals surface area contributed by atoms with Gasteiger partial charge in [-0.2, -0.15) is 0 Å². The summed E-state index contributed by atoms with van der Waals surface area (Å²) in [5.41, 5.74) is 3.62. The van der Waals surface area contributed by atoms with Crippen LogP contribution in [-0.4, -0.2) is 12.8 Å². The van der Waals surface area contributed by atoms with Gasteiger partial charge >= 0.3 is 0 Å². The van der Waals surface area contributed by atoms with Crippen molar-refractivity contribution in [2.45, 2.75) is 13.3 Å². The molecule has 0 spiro atoms. The molecule has 0 saturated carbocycles. The molecule has 1 aliphatic rings. The predicted octanol–water partition coefficient (Wildman–Crippen LogP) is 2.50. The van der Waals surface area contributed by atoms with Crippen LogP contribution in [0.1, 0.15) is 18.1 Å². The molecule has 0 aliphatic carbocycles. The third kappa shape index (κ3) is 2.27. The Bertz CT molecular complexity index is 396. The Morgan fingerprint density at radius 2 is 2.40 bits per heavy atom. The van der Waals surface area contributed by atoms with E-state index < -0.39 is 0 Å². The molecule has 0 fully saturated rings. The number of hydrogen-bond donors (Lipinski definition) is 1. The maximum atomic E-state index is 10.6. The smallest absolute Gasteiger partial charge is 0.123 e. The molecule has 2 rings (SSSR count). The summed E-state index contributed by atoms with van der Waals surface area (Å²) in [7, 11) is 0. The summed E-state index contributed by atoms with van der Waals surface area (Å²) in [6, 6.07) is 6.33. The van der Waals surface area contributed by atoms with Crippen molar-refractivity contribution in [2.24, 2.45) is 5.92 Å². The Balaban J connectivity index is 2.22. The lowest BCUT2D eigenvalue weighted by Crippen LogP contribution is -2.06. The first-order valence-electron chi connectivity index (χ1n) is 5.28. The van der Waals surface area contributed by atoms with Crippen LogP contribution in [0.25, 0.3) is 6.08 Å². The largest absolute Gasteiger partial charge is 0.381 e. The van der Waals surface area contributed by atoms with Gasteiger partial charge in [-0.25, -0.2) is 0 Å². The van der Waals surface area contributed by atoms with Crippen LogP contribution in [0.4, 0.5) is 5.69 Å². The van der Waals surface area contributed by atoms with E-state index in [1.807, 2.05) is 6.92 Å². The van der Waals surface area contributed by atoms with Crippen LogP contribution in [0.15, 0.2) is 24.3 Å². The van der Waals surface area contributed by atoms with Crippen molar-refractivity contribution in [1.82, 2.24) is 0 Å². The number of rotatable bonds is 3. The number of nitrogens with one attached hydrogen (secondary N) is 1. The number of carbonyl (C=O) groups excluding carboxylic acids is 1. The Labute approximate surface area is 90.0 Å². The first-order valence-corrected chi connectivity index (χ1v) is 5.28. The second kappa shape index (κ2) is 4.30. The van der Waals surface area contributed by atoms with Crippen LogP contribution < -0.4 is 5.32 Å². The van der Waals surface area contributed by atoms with E-state index in [0.717, 1.165) is 19.3 Å². The Kier molecular flexibility index (Phi) is 2.86.